The first kappa shape index (κ1) is 16.3. The van der Waals surface area contributed by atoms with Crippen molar-refractivity contribution in [1.29, 1.82) is 0 Å². The van der Waals surface area contributed by atoms with Crippen LogP contribution in [0.5, 0.6) is 0 Å². The third kappa shape index (κ3) is 2.63. The van der Waals surface area contributed by atoms with Gasteiger partial charge in [0.1, 0.15) is 4.90 Å². The molecule has 2 bridgehead atoms. The van der Waals surface area contributed by atoms with Crippen molar-refractivity contribution in [2.45, 2.75) is 48.7 Å². The molecule has 0 spiro atoms. The summed E-state index contributed by atoms with van der Waals surface area (Å²) in [7, 11) is -3.68. The van der Waals surface area contributed by atoms with Crippen LogP contribution in [0.15, 0.2) is 35.5 Å². The molecule has 0 radical (unpaired) electrons. The summed E-state index contributed by atoms with van der Waals surface area (Å²) in [6.45, 7) is 0. The molecule has 0 saturated carbocycles. The second-order valence-electron chi connectivity index (χ2n) is 6.27. The predicted octanol–water partition coefficient (Wildman–Crippen LogP) is 3.14. The molecule has 24 heavy (non-hydrogen) atoms. The Labute approximate surface area is 150 Å². The van der Waals surface area contributed by atoms with E-state index in [1.54, 1.807) is 27.6 Å². The molecular formula is C15H16Cl2N4O2S. The Hall–Kier alpha value is -1.15. The van der Waals surface area contributed by atoms with Gasteiger partial charge in [-0.2, -0.15) is 19.3 Å². The summed E-state index contributed by atoms with van der Waals surface area (Å²) >= 11 is 12.1. The number of hydrogen-bond acceptors (Lipinski definition) is 4. The fourth-order valence-corrected chi connectivity index (χ4v) is 6.52. The summed E-state index contributed by atoms with van der Waals surface area (Å²) in [4.78, 5) is 1.78. The van der Waals surface area contributed by atoms with Gasteiger partial charge in [-0.3, -0.25) is 0 Å². The Morgan fingerprint density at radius 2 is 1.62 bits per heavy atom. The molecule has 2 aliphatic rings. The highest BCUT2D eigenvalue weighted by Gasteiger charge is 2.48. The lowest BCUT2D eigenvalue weighted by atomic mass is 10.0. The molecule has 0 N–H and O–H groups in total. The van der Waals surface area contributed by atoms with Crippen molar-refractivity contribution in [2.75, 3.05) is 0 Å². The number of sulfonamides is 1. The van der Waals surface area contributed by atoms with E-state index in [4.69, 9.17) is 23.2 Å². The molecule has 128 valence electrons. The Kier molecular flexibility index (Phi) is 4.07. The third-order valence-corrected chi connectivity index (χ3v) is 7.57. The SMILES string of the molecule is O=S(=O)(c1cc(Cl)ccc1Cl)N1C2CCC1CC(n1nccn1)C2. The first-order valence-corrected chi connectivity index (χ1v) is 10.0. The molecule has 2 fully saturated rings. The molecule has 3 heterocycles. The summed E-state index contributed by atoms with van der Waals surface area (Å²) < 4.78 is 27.9. The zero-order valence-electron chi connectivity index (χ0n) is 12.7. The van der Waals surface area contributed by atoms with Crippen molar-refractivity contribution in [3.63, 3.8) is 0 Å². The minimum absolute atomic E-state index is 0.0557. The number of halogens is 2. The molecule has 4 rings (SSSR count). The summed E-state index contributed by atoms with van der Waals surface area (Å²) in [5, 5.41) is 8.98. The van der Waals surface area contributed by atoms with Crippen molar-refractivity contribution < 1.29 is 8.42 Å². The van der Waals surface area contributed by atoms with Gasteiger partial charge in [-0.05, 0) is 43.9 Å². The van der Waals surface area contributed by atoms with Gasteiger partial charge in [0.2, 0.25) is 10.0 Å². The average Bonchev–Trinajstić information content (AvgIpc) is 3.17. The van der Waals surface area contributed by atoms with E-state index >= 15 is 0 Å². The van der Waals surface area contributed by atoms with Crippen LogP contribution >= 0.6 is 23.2 Å². The molecule has 6 nitrogen and oxygen atoms in total. The van der Waals surface area contributed by atoms with E-state index in [9.17, 15) is 8.42 Å². The van der Waals surface area contributed by atoms with E-state index in [-0.39, 0.29) is 28.0 Å². The van der Waals surface area contributed by atoms with Gasteiger partial charge in [0.25, 0.3) is 0 Å². The van der Waals surface area contributed by atoms with E-state index in [0.717, 1.165) is 12.8 Å². The molecule has 0 aliphatic carbocycles. The number of aromatic nitrogens is 3. The van der Waals surface area contributed by atoms with Crippen molar-refractivity contribution in [2.24, 2.45) is 0 Å². The molecule has 1 aromatic heterocycles. The van der Waals surface area contributed by atoms with E-state index in [1.165, 1.54) is 12.1 Å². The Morgan fingerprint density at radius 1 is 1.00 bits per heavy atom. The molecule has 2 aromatic rings. The maximum atomic E-state index is 13.2. The second-order valence-corrected chi connectivity index (χ2v) is 8.92. The minimum atomic E-state index is -3.68. The number of nitrogens with zero attached hydrogens (tertiary/aromatic N) is 4. The van der Waals surface area contributed by atoms with Crippen molar-refractivity contribution >= 4 is 33.2 Å². The number of piperidine rings is 1. The van der Waals surface area contributed by atoms with Crippen molar-refractivity contribution in [1.82, 2.24) is 19.3 Å². The number of hydrogen-bond donors (Lipinski definition) is 0. The zero-order valence-corrected chi connectivity index (χ0v) is 15.0. The molecule has 1 aromatic carbocycles. The average molecular weight is 387 g/mol. The second kappa shape index (κ2) is 5.98. The first-order chi connectivity index (χ1) is 11.5. The quantitative estimate of drug-likeness (QED) is 0.812. The van der Waals surface area contributed by atoms with Gasteiger partial charge in [-0.1, -0.05) is 23.2 Å². The number of benzene rings is 1. The standard InChI is InChI=1S/C15H16Cl2N4O2S/c16-10-1-4-14(17)15(7-10)24(22,23)20-11-2-3-12(20)9-13(8-11)21-18-5-6-19-21/h1,4-7,11-13H,2-3,8-9H2. The van der Waals surface area contributed by atoms with E-state index in [1.807, 2.05) is 0 Å². The normalized spacial score (nSPS) is 27.5. The van der Waals surface area contributed by atoms with E-state index in [0.29, 0.717) is 17.9 Å². The molecule has 0 amide bonds. The van der Waals surface area contributed by atoms with Gasteiger partial charge in [-0.15, -0.1) is 0 Å². The van der Waals surface area contributed by atoms with Gasteiger partial charge < -0.3 is 0 Å². The van der Waals surface area contributed by atoms with Crippen LogP contribution in [0.4, 0.5) is 0 Å². The lowest BCUT2D eigenvalue weighted by Gasteiger charge is -2.37. The highest BCUT2D eigenvalue weighted by molar-refractivity contribution is 7.89. The van der Waals surface area contributed by atoms with Crippen LogP contribution in [0.25, 0.3) is 0 Å². The third-order valence-electron chi connectivity index (χ3n) is 4.85. The highest BCUT2D eigenvalue weighted by atomic mass is 35.5. The molecule has 2 unspecified atom stereocenters. The first-order valence-electron chi connectivity index (χ1n) is 7.81. The molecule has 2 atom stereocenters. The Balaban J connectivity index is 1.67. The van der Waals surface area contributed by atoms with Crippen molar-refractivity contribution in [3.05, 3.63) is 40.6 Å². The van der Waals surface area contributed by atoms with Crippen LogP contribution in [0.2, 0.25) is 10.0 Å². The zero-order chi connectivity index (χ0) is 16.9. The summed E-state index contributed by atoms with van der Waals surface area (Å²) in [5.41, 5.74) is 0. The Morgan fingerprint density at radius 3 is 2.25 bits per heavy atom. The lowest BCUT2D eigenvalue weighted by molar-refractivity contribution is 0.174. The topological polar surface area (TPSA) is 68.1 Å². The van der Waals surface area contributed by atoms with Gasteiger partial charge in [0, 0.05) is 17.1 Å². The van der Waals surface area contributed by atoms with Crippen LogP contribution in [0.1, 0.15) is 31.7 Å². The van der Waals surface area contributed by atoms with Crippen molar-refractivity contribution in [3.8, 4) is 0 Å². The molecule has 2 saturated heterocycles. The minimum Gasteiger partial charge on any atom is -0.207 e. The van der Waals surface area contributed by atoms with E-state index < -0.39 is 10.0 Å². The van der Waals surface area contributed by atoms with Crippen LogP contribution in [0.3, 0.4) is 0 Å². The largest absolute Gasteiger partial charge is 0.245 e. The van der Waals surface area contributed by atoms with E-state index in [2.05, 4.69) is 10.2 Å². The van der Waals surface area contributed by atoms with Crippen LogP contribution in [-0.4, -0.2) is 39.8 Å². The number of rotatable bonds is 3. The summed E-state index contributed by atoms with van der Waals surface area (Å²) in [6, 6.07) is 4.57. The Bertz CT molecular complexity index is 842. The van der Waals surface area contributed by atoms with Gasteiger partial charge in [0.05, 0.1) is 23.5 Å². The maximum absolute atomic E-state index is 13.2. The monoisotopic (exact) mass is 386 g/mol. The fourth-order valence-electron chi connectivity index (χ4n) is 3.89. The predicted molar refractivity (Wildman–Crippen MR) is 90.6 cm³/mol. The van der Waals surface area contributed by atoms with Crippen LogP contribution in [-0.2, 0) is 10.0 Å². The molecule has 2 aliphatic heterocycles. The summed E-state index contributed by atoms with van der Waals surface area (Å²) in [6.07, 6.45) is 6.42. The van der Waals surface area contributed by atoms with Gasteiger partial charge in [0.15, 0.2) is 0 Å². The number of fused-ring (bicyclic) bond motifs is 2. The van der Waals surface area contributed by atoms with Crippen LogP contribution in [0, 0.1) is 0 Å². The maximum Gasteiger partial charge on any atom is 0.245 e. The smallest absolute Gasteiger partial charge is 0.207 e. The lowest BCUT2D eigenvalue weighted by Crippen LogP contribution is -2.47. The van der Waals surface area contributed by atoms with Gasteiger partial charge in [-0.25, -0.2) is 8.42 Å². The fraction of sp³-hybridized carbons (Fsp3) is 0.467. The van der Waals surface area contributed by atoms with Crippen LogP contribution < -0.4 is 0 Å². The molecular weight excluding hydrogens is 371 g/mol. The summed E-state index contributed by atoms with van der Waals surface area (Å²) in [5.74, 6) is 0. The molecule has 9 heteroatoms. The highest BCUT2D eigenvalue weighted by Crippen LogP contribution is 2.44. The van der Waals surface area contributed by atoms with Gasteiger partial charge >= 0.3 is 0 Å².